The zero-order valence-electron chi connectivity index (χ0n) is 12.3. The molecule has 0 bridgehead atoms. The van der Waals surface area contributed by atoms with Gasteiger partial charge in [0.05, 0.1) is 23.1 Å². The van der Waals surface area contributed by atoms with Crippen molar-refractivity contribution >= 4 is 22.7 Å². The van der Waals surface area contributed by atoms with Crippen LogP contribution >= 0.6 is 11.3 Å². The Labute approximate surface area is 141 Å². The van der Waals surface area contributed by atoms with E-state index in [9.17, 15) is 10.1 Å². The third kappa shape index (κ3) is 3.37. The van der Waals surface area contributed by atoms with Gasteiger partial charge in [-0.2, -0.15) is 5.26 Å². The minimum absolute atomic E-state index is 0.137. The molecule has 0 saturated heterocycles. The molecule has 3 rings (SSSR count). The van der Waals surface area contributed by atoms with Crippen LogP contribution in [0.15, 0.2) is 48.5 Å². The minimum Gasteiger partial charge on any atom is -0.373 e. The van der Waals surface area contributed by atoms with Gasteiger partial charge in [-0.25, -0.2) is 0 Å². The van der Waals surface area contributed by atoms with E-state index in [-0.39, 0.29) is 11.3 Å². The van der Waals surface area contributed by atoms with Gasteiger partial charge in [-0.05, 0) is 12.1 Å². The molecule has 2 aromatic carbocycles. The van der Waals surface area contributed by atoms with Crippen molar-refractivity contribution in [2.24, 2.45) is 0 Å². The van der Waals surface area contributed by atoms with Crippen molar-refractivity contribution in [2.45, 2.75) is 6.54 Å². The summed E-state index contributed by atoms with van der Waals surface area (Å²) in [6.07, 6.45) is 0. The van der Waals surface area contributed by atoms with Crippen LogP contribution in [0.1, 0.15) is 10.6 Å². The summed E-state index contributed by atoms with van der Waals surface area (Å²) in [6, 6.07) is 15.9. The molecule has 1 N–H and O–H groups in total. The first-order valence-electron chi connectivity index (χ1n) is 6.97. The third-order valence-electron chi connectivity index (χ3n) is 3.24. The van der Waals surface area contributed by atoms with Gasteiger partial charge < -0.3 is 5.32 Å². The lowest BCUT2D eigenvalue weighted by Gasteiger charge is -2.05. The Kier molecular flexibility index (Phi) is 4.45. The number of nitrogens with zero attached hydrogens (tertiary/aromatic N) is 4. The number of anilines is 1. The zero-order valence-corrected chi connectivity index (χ0v) is 13.2. The fourth-order valence-electron chi connectivity index (χ4n) is 2.09. The van der Waals surface area contributed by atoms with Crippen LogP contribution in [-0.2, 0) is 6.54 Å². The van der Waals surface area contributed by atoms with Crippen molar-refractivity contribution in [1.82, 2.24) is 10.2 Å². The van der Waals surface area contributed by atoms with Gasteiger partial charge >= 0.3 is 0 Å². The van der Waals surface area contributed by atoms with Crippen LogP contribution in [0, 0.1) is 21.4 Å². The lowest BCUT2D eigenvalue weighted by molar-refractivity contribution is -0.384. The van der Waals surface area contributed by atoms with Crippen LogP contribution in [0.5, 0.6) is 0 Å². The molecular weight excluding hydrogens is 326 g/mol. The van der Waals surface area contributed by atoms with Crippen LogP contribution in [0.25, 0.3) is 10.6 Å². The van der Waals surface area contributed by atoms with E-state index in [1.54, 1.807) is 0 Å². The van der Waals surface area contributed by atoms with E-state index in [1.807, 2.05) is 36.4 Å². The molecule has 1 heterocycles. The Hall–Kier alpha value is -3.31. The maximum atomic E-state index is 11.1. The fraction of sp³-hybridized carbons (Fsp3) is 0.0625. The highest BCUT2D eigenvalue weighted by Crippen LogP contribution is 2.27. The molecule has 7 nitrogen and oxygen atoms in total. The van der Waals surface area contributed by atoms with Gasteiger partial charge in [0, 0.05) is 11.6 Å². The zero-order chi connectivity index (χ0) is 16.9. The van der Waals surface area contributed by atoms with E-state index in [0.29, 0.717) is 17.2 Å². The molecule has 1 aromatic heterocycles. The number of nitrogens with one attached hydrogen (secondary N) is 1. The maximum absolute atomic E-state index is 11.1. The molecule has 0 spiro atoms. The SMILES string of the molecule is N#Cc1ccc(NCc2nnc(-c3ccccc3)s2)c([N+](=O)[O-])c1. The predicted molar refractivity (Wildman–Crippen MR) is 90.5 cm³/mol. The second kappa shape index (κ2) is 6.85. The Morgan fingerprint density at radius 3 is 2.71 bits per heavy atom. The van der Waals surface area contributed by atoms with Crippen LogP contribution in [0.3, 0.4) is 0 Å². The number of nitro benzene ring substituents is 1. The van der Waals surface area contributed by atoms with E-state index in [4.69, 9.17) is 5.26 Å². The van der Waals surface area contributed by atoms with Crippen molar-refractivity contribution in [3.8, 4) is 16.6 Å². The summed E-state index contributed by atoms with van der Waals surface area (Å²) in [4.78, 5) is 10.6. The second-order valence-corrected chi connectivity index (χ2v) is 5.88. The van der Waals surface area contributed by atoms with Gasteiger partial charge in [0.2, 0.25) is 0 Å². The highest BCUT2D eigenvalue weighted by Gasteiger charge is 2.15. The number of hydrogen-bond donors (Lipinski definition) is 1. The van der Waals surface area contributed by atoms with Crippen molar-refractivity contribution in [1.29, 1.82) is 5.26 Å². The summed E-state index contributed by atoms with van der Waals surface area (Å²) >= 11 is 1.42. The first-order valence-corrected chi connectivity index (χ1v) is 7.79. The molecule has 0 unspecified atom stereocenters. The number of nitro groups is 1. The second-order valence-electron chi connectivity index (χ2n) is 4.82. The molecule has 118 valence electrons. The number of aromatic nitrogens is 2. The summed E-state index contributed by atoms with van der Waals surface area (Å²) < 4.78 is 0. The summed E-state index contributed by atoms with van der Waals surface area (Å²) in [5.74, 6) is 0. The van der Waals surface area contributed by atoms with E-state index in [1.165, 1.54) is 29.5 Å². The standard InChI is InChI=1S/C16H11N5O2S/c17-9-11-6-7-13(14(8-11)21(22)23)18-10-15-19-20-16(24-15)12-4-2-1-3-5-12/h1-8,18H,10H2. The quantitative estimate of drug-likeness (QED) is 0.563. The van der Waals surface area contributed by atoms with Crippen LogP contribution in [0.2, 0.25) is 0 Å². The molecule has 8 heteroatoms. The van der Waals surface area contributed by atoms with Crippen LogP contribution < -0.4 is 5.32 Å². The number of rotatable bonds is 5. The van der Waals surface area contributed by atoms with Crippen molar-refractivity contribution < 1.29 is 4.92 Å². The average Bonchev–Trinajstić information content (AvgIpc) is 3.09. The maximum Gasteiger partial charge on any atom is 0.293 e. The molecule has 0 saturated carbocycles. The van der Waals surface area contributed by atoms with Crippen molar-refractivity contribution in [3.05, 3.63) is 69.2 Å². The summed E-state index contributed by atoms with van der Waals surface area (Å²) in [5.41, 5.74) is 1.43. The van der Waals surface area contributed by atoms with Gasteiger partial charge in [-0.15, -0.1) is 10.2 Å². The van der Waals surface area contributed by atoms with E-state index in [2.05, 4.69) is 15.5 Å². The highest BCUT2D eigenvalue weighted by atomic mass is 32.1. The Balaban J connectivity index is 1.76. The first-order chi connectivity index (χ1) is 11.7. The summed E-state index contributed by atoms with van der Waals surface area (Å²) in [7, 11) is 0. The van der Waals surface area contributed by atoms with Gasteiger partial charge in [-0.1, -0.05) is 41.7 Å². The van der Waals surface area contributed by atoms with E-state index in [0.717, 1.165) is 10.6 Å². The van der Waals surface area contributed by atoms with Gasteiger partial charge in [0.15, 0.2) is 0 Å². The molecule has 0 atom stereocenters. The smallest absolute Gasteiger partial charge is 0.293 e. The van der Waals surface area contributed by atoms with Gasteiger partial charge in [-0.3, -0.25) is 10.1 Å². The van der Waals surface area contributed by atoms with Gasteiger partial charge in [0.1, 0.15) is 15.7 Å². The fourth-order valence-corrected chi connectivity index (χ4v) is 2.88. The highest BCUT2D eigenvalue weighted by molar-refractivity contribution is 7.14. The monoisotopic (exact) mass is 337 g/mol. The molecule has 0 fully saturated rings. The molecule has 0 radical (unpaired) electrons. The number of hydrogen-bond acceptors (Lipinski definition) is 7. The van der Waals surface area contributed by atoms with E-state index >= 15 is 0 Å². The molecular formula is C16H11N5O2S. The Morgan fingerprint density at radius 1 is 1.21 bits per heavy atom. The molecule has 24 heavy (non-hydrogen) atoms. The minimum atomic E-state index is -0.515. The Bertz CT molecular complexity index is 918. The molecule has 0 amide bonds. The largest absolute Gasteiger partial charge is 0.373 e. The first kappa shape index (κ1) is 15.6. The average molecular weight is 337 g/mol. The third-order valence-corrected chi connectivity index (χ3v) is 4.21. The predicted octanol–water partition coefficient (Wildman–Crippen LogP) is 3.60. The van der Waals surface area contributed by atoms with Crippen LogP contribution in [0.4, 0.5) is 11.4 Å². The molecule has 3 aromatic rings. The summed E-state index contributed by atoms with van der Waals surface area (Å²) in [5, 5.41) is 32.7. The van der Waals surface area contributed by atoms with Gasteiger partial charge in [0.25, 0.3) is 5.69 Å². The lowest BCUT2D eigenvalue weighted by atomic mass is 10.2. The molecule has 0 aliphatic heterocycles. The normalized spacial score (nSPS) is 10.1. The molecule has 0 aliphatic carbocycles. The molecule has 0 aliphatic rings. The Morgan fingerprint density at radius 2 is 2.00 bits per heavy atom. The van der Waals surface area contributed by atoms with Crippen molar-refractivity contribution in [2.75, 3.05) is 5.32 Å². The van der Waals surface area contributed by atoms with Crippen molar-refractivity contribution in [3.63, 3.8) is 0 Å². The summed E-state index contributed by atoms with van der Waals surface area (Å²) in [6.45, 7) is 0.317. The lowest BCUT2D eigenvalue weighted by Crippen LogP contribution is -2.02. The topological polar surface area (TPSA) is 105 Å². The van der Waals surface area contributed by atoms with E-state index < -0.39 is 4.92 Å². The number of benzene rings is 2. The number of nitriles is 1. The van der Waals surface area contributed by atoms with Crippen LogP contribution in [-0.4, -0.2) is 15.1 Å².